The Morgan fingerprint density at radius 2 is 1.82 bits per heavy atom. The summed E-state index contributed by atoms with van der Waals surface area (Å²) in [6.45, 7) is 14.0. The van der Waals surface area contributed by atoms with Crippen molar-refractivity contribution >= 4 is 43.4 Å². The Hall–Kier alpha value is -1.88. The fraction of sp³-hybridized carbons (Fsp3) is 0.387. The molecular weight excluding hydrogens is 737 g/mol. The Kier molecular flexibility index (Phi) is 21.9. The second-order valence-electron chi connectivity index (χ2n) is 8.51. The number of aliphatic hydroxyl groups excluding tert-OH is 1. The molecule has 1 unspecified atom stereocenters. The van der Waals surface area contributed by atoms with Gasteiger partial charge in [0.2, 0.25) is 0 Å². The summed E-state index contributed by atoms with van der Waals surface area (Å²) in [5, 5.41) is 10.6. The summed E-state index contributed by atoms with van der Waals surface area (Å²) < 4.78 is 19.1. The first-order chi connectivity index (χ1) is 18.6. The van der Waals surface area contributed by atoms with E-state index in [0.29, 0.717) is 33.0 Å². The van der Waals surface area contributed by atoms with Crippen LogP contribution < -0.4 is 11.9 Å². The second-order valence-corrected chi connectivity index (χ2v) is 15.0. The number of nitrogens with two attached hydrogens (primary N) is 1. The van der Waals surface area contributed by atoms with Crippen molar-refractivity contribution in [1.29, 1.82) is 0 Å². The standard InChI is InChI=1S/C18H25FN3.C7H5Cl2O.C4H6.C2H6.Hg.H2O/c1-6-11(3)12(4)17(18(21)22-5)16(7-2)13-8-14(19)10-15(20)9-13;8-6-1-2-7(9)5(3-6)4-10;1-3-4-2;1-2;;/h7-11,20H,6H2,1-5H3,(H2,21,22);1,3,10H,4H2;1H,4H2,2H3;1-2H3;;1H2/q-1;;;;+1;/b16-7-,17-12+;;;;;. The van der Waals surface area contributed by atoms with Gasteiger partial charge in [-0.05, 0) is 0 Å². The summed E-state index contributed by atoms with van der Waals surface area (Å²) >= 11 is 10.6. The molecule has 9 heteroatoms. The quantitative estimate of drug-likeness (QED) is 0.0817. The van der Waals surface area contributed by atoms with Crippen molar-refractivity contribution in [1.82, 2.24) is 0 Å². The van der Waals surface area contributed by atoms with Crippen LogP contribution in [0.2, 0.25) is 10.0 Å². The molecule has 6 N–H and O–H groups in total. The number of terminal acetylenes is 1. The molecule has 2 rings (SSSR count). The molecule has 2 aromatic carbocycles. The van der Waals surface area contributed by atoms with Crippen LogP contribution >= 0.6 is 23.2 Å². The van der Waals surface area contributed by atoms with E-state index in [1.807, 2.05) is 45.9 Å². The van der Waals surface area contributed by atoms with Crippen molar-refractivity contribution in [3.05, 3.63) is 74.5 Å². The van der Waals surface area contributed by atoms with E-state index in [-0.39, 0.29) is 17.9 Å². The topological polar surface area (TPSA) is 102 Å². The van der Waals surface area contributed by atoms with E-state index in [2.05, 4.69) is 34.8 Å². The first kappa shape index (κ1) is 40.3. The molecule has 2 aromatic rings. The van der Waals surface area contributed by atoms with Crippen molar-refractivity contribution in [3.63, 3.8) is 0 Å². The van der Waals surface area contributed by atoms with Crippen LogP contribution in [-0.2, 0) is 31.5 Å². The van der Waals surface area contributed by atoms with Crippen molar-refractivity contribution in [2.45, 2.75) is 67.9 Å². The van der Waals surface area contributed by atoms with Crippen LogP contribution in [0.25, 0.3) is 5.57 Å². The number of nitrogens with zero attached hydrogens (tertiary/aromatic N) is 1. The van der Waals surface area contributed by atoms with Crippen LogP contribution in [0.1, 0.15) is 72.4 Å². The second kappa shape index (κ2) is 21.8. The fourth-order valence-corrected chi connectivity index (χ4v) is 10.3. The number of amidine groups is 1. The van der Waals surface area contributed by atoms with Gasteiger partial charge in [-0.2, -0.15) is 0 Å². The predicted molar refractivity (Wildman–Crippen MR) is 169 cm³/mol. The third-order valence-corrected chi connectivity index (χ3v) is 13.6. The maximum Gasteiger partial charge on any atom is -0.0683 e. The number of hydrogen-bond acceptors (Lipinski definition) is 3. The molecule has 0 bridgehead atoms. The molecule has 218 valence electrons. The predicted octanol–water partition coefficient (Wildman–Crippen LogP) is 7.34. The number of allylic oxidation sites excluding steroid dienone is 2. The Morgan fingerprint density at radius 3 is 2.30 bits per heavy atom. The Balaban J connectivity index is 0. The van der Waals surface area contributed by atoms with Crippen LogP contribution in [0.15, 0.2) is 52.5 Å². The van der Waals surface area contributed by atoms with Gasteiger partial charge < -0.3 is 5.48 Å². The molecule has 0 saturated heterocycles. The van der Waals surface area contributed by atoms with Gasteiger partial charge in [-0.15, -0.1) is 12.3 Å². The van der Waals surface area contributed by atoms with Gasteiger partial charge in [0.05, 0.1) is 0 Å². The average molecular weight is 781 g/mol. The van der Waals surface area contributed by atoms with Crippen LogP contribution in [0.3, 0.4) is 0 Å². The number of rotatable bonds is 9. The zero-order valence-corrected chi connectivity index (χ0v) is 32.1. The van der Waals surface area contributed by atoms with Crippen molar-refractivity contribution < 1.29 is 39.8 Å². The minimum Gasteiger partial charge on any atom is -0.412 e. The molecule has 0 fully saturated rings. The van der Waals surface area contributed by atoms with Gasteiger partial charge in [-0.3, -0.25) is 0 Å². The Labute approximate surface area is 263 Å². The van der Waals surface area contributed by atoms with E-state index >= 15 is 0 Å². The number of benzene rings is 2. The first-order valence-electron chi connectivity index (χ1n) is 13.2. The SMILES string of the molecule is C#CCC.C/C=C(\C(C(N)=NC)=C(\C)C(C)CC)c1cc(F)cc([NH][Hg][c]2cc(Cl)cc(CO)c2Cl)c1.CC.O. The molecule has 0 amide bonds. The van der Waals surface area contributed by atoms with E-state index in [1.165, 1.54) is 12.1 Å². The largest absolute Gasteiger partial charge is 0.412 e. The molecule has 1 atom stereocenters. The molecule has 0 heterocycles. The molecule has 0 saturated carbocycles. The van der Waals surface area contributed by atoms with Crippen molar-refractivity contribution in [2.24, 2.45) is 16.6 Å². The van der Waals surface area contributed by atoms with Crippen LogP contribution in [0.5, 0.6) is 0 Å². The van der Waals surface area contributed by atoms with Crippen molar-refractivity contribution in [3.8, 4) is 12.3 Å². The smallest absolute Gasteiger partial charge is 0.0683 e. The Bertz CT molecular complexity index is 1210. The van der Waals surface area contributed by atoms with Gasteiger partial charge in [0.15, 0.2) is 0 Å². The molecular formula is C31H44Cl2FHgN3O2. The minimum absolute atomic E-state index is 0. The molecule has 40 heavy (non-hydrogen) atoms. The molecule has 0 aliphatic heterocycles. The summed E-state index contributed by atoms with van der Waals surface area (Å²) in [6, 6.07) is 8.40. The molecule has 0 radical (unpaired) electrons. The minimum atomic E-state index is -2.03. The van der Waals surface area contributed by atoms with Gasteiger partial charge in [-0.1, -0.05) is 20.8 Å². The van der Waals surface area contributed by atoms with E-state index in [0.717, 1.165) is 38.2 Å². The van der Waals surface area contributed by atoms with E-state index < -0.39 is 24.9 Å². The zero-order chi connectivity index (χ0) is 30.1. The maximum absolute atomic E-state index is 14.7. The van der Waals surface area contributed by atoms with E-state index in [9.17, 15) is 9.50 Å². The van der Waals surface area contributed by atoms with E-state index in [1.54, 1.807) is 13.1 Å². The maximum atomic E-state index is 14.7. The number of aliphatic hydroxyl groups is 1. The summed E-state index contributed by atoms with van der Waals surface area (Å²) in [4.78, 5) is 4.23. The number of halogens is 3. The fourth-order valence-electron chi connectivity index (χ4n) is 3.67. The Morgan fingerprint density at radius 1 is 1.23 bits per heavy atom. The summed E-state index contributed by atoms with van der Waals surface area (Å²) in [6.07, 6.45) is 8.54. The molecule has 5 nitrogen and oxygen atoms in total. The molecule has 0 spiro atoms. The van der Waals surface area contributed by atoms with Gasteiger partial charge in [0, 0.05) is 6.42 Å². The first-order valence-corrected chi connectivity index (χ1v) is 19.5. The summed E-state index contributed by atoms with van der Waals surface area (Å²) in [5.74, 6) is 2.83. The number of anilines is 1. The average Bonchev–Trinajstić information content (AvgIpc) is 2.95. The normalized spacial score (nSPS) is 12.2. The van der Waals surface area contributed by atoms with Gasteiger partial charge in [-0.25, -0.2) is 0 Å². The monoisotopic (exact) mass is 781 g/mol. The van der Waals surface area contributed by atoms with E-state index in [4.69, 9.17) is 35.4 Å². The summed E-state index contributed by atoms with van der Waals surface area (Å²) in [5.41, 5.74) is 11.1. The molecule has 0 aromatic heterocycles. The van der Waals surface area contributed by atoms with Crippen molar-refractivity contribution in [2.75, 3.05) is 10.1 Å². The van der Waals surface area contributed by atoms with Gasteiger partial charge in [0.1, 0.15) is 0 Å². The van der Waals surface area contributed by atoms with Crippen LogP contribution in [-0.4, -0.2) is 23.5 Å². The molecule has 0 aliphatic rings. The third kappa shape index (κ3) is 12.3. The van der Waals surface area contributed by atoms with Crippen LogP contribution in [0.4, 0.5) is 10.1 Å². The molecule has 0 aliphatic carbocycles. The summed E-state index contributed by atoms with van der Waals surface area (Å²) in [7, 11) is 1.66. The number of nitrogens with one attached hydrogen (secondary N) is 1. The number of aliphatic imine (C=N–C) groups is 1. The van der Waals surface area contributed by atoms with Gasteiger partial charge >= 0.3 is 220 Å². The zero-order valence-electron chi connectivity index (χ0n) is 25.1. The van der Waals surface area contributed by atoms with Crippen LogP contribution in [0, 0.1) is 24.1 Å². The third-order valence-electron chi connectivity index (χ3n) is 6.06. The number of hydrogen-bond donors (Lipinski definition) is 3. The van der Waals surface area contributed by atoms with Gasteiger partial charge in [0.25, 0.3) is 0 Å².